The Hall–Kier alpha value is -3.71. The van der Waals surface area contributed by atoms with Gasteiger partial charge in [0.2, 0.25) is 0 Å². The number of nitrogens with one attached hydrogen (secondary N) is 2. The number of hydrogen-bond acceptors (Lipinski definition) is 4. The van der Waals surface area contributed by atoms with Crippen LogP contribution in [0.4, 0.5) is 0 Å². The van der Waals surface area contributed by atoms with Crippen LogP contribution in [-0.2, 0) is 11.2 Å². The van der Waals surface area contributed by atoms with E-state index in [0.29, 0.717) is 16.6 Å². The molecule has 7 nitrogen and oxygen atoms in total. The molecular weight excluding hydrogens is 548 g/mol. The van der Waals surface area contributed by atoms with Gasteiger partial charge in [-0.3, -0.25) is 4.98 Å². The molecule has 0 saturated heterocycles. The Morgan fingerprint density at radius 2 is 1.61 bits per heavy atom. The molecule has 5 heterocycles. The van der Waals surface area contributed by atoms with Gasteiger partial charge in [-0.05, 0) is 93.5 Å². The topological polar surface area (TPSA) is 104 Å². The van der Waals surface area contributed by atoms with Gasteiger partial charge in [-0.1, -0.05) is 47.0 Å². The van der Waals surface area contributed by atoms with Crippen molar-refractivity contribution in [2.45, 2.75) is 112 Å². The second-order valence-electron chi connectivity index (χ2n) is 12.5. The lowest BCUT2D eigenvalue weighted by Gasteiger charge is -2.16. The highest BCUT2D eigenvalue weighted by Gasteiger charge is 2.29. The van der Waals surface area contributed by atoms with Gasteiger partial charge in [-0.15, -0.1) is 0 Å². The summed E-state index contributed by atoms with van der Waals surface area (Å²) in [6.45, 7) is 17.8. The Morgan fingerprint density at radius 1 is 0.886 bits per heavy atom. The van der Waals surface area contributed by atoms with E-state index in [9.17, 15) is 9.90 Å². The number of unbranched alkanes of at least 4 members (excludes halogenated alkanes) is 3. The van der Waals surface area contributed by atoms with Crippen molar-refractivity contribution in [1.82, 2.24) is 19.9 Å². The highest BCUT2D eigenvalue weighted by molar-refractivity contribution is 6.01. The number of H-pyrrole nitrogens is 2. The van der Waals surface area contributed by atoms with Crippen molar-refractivity contribution < 1.29 is 14.6 Å². The molecule has 1 unspecified atom stereocenters. The lowest BCUT2D eigenvalue weighted by atomic mass is 9.89. The number of nitrogens with zero attached hydrogens (tertiary/aromatic N) is 2. The summed E-state index contributed by atoms with van der Waals surface area (Å²) in [5.74, 6) is -0.583. The number of ether oxygens (including phenoxy) is 1. The molecule has 0 spiro atoms. The average molecular weight is 597 g/mol. The predicted molar refractivity (Wildman–Crippen MR) is 180 cm³/mol. The van der Waals surface area contributed by atoms with Crippen molar-refractivity contribution in [2.24, 2.45) is 0 Å². The van der Waals surface area contributed by atoms with E-state index < -0.39 is 5.97 Å². The van der Waals surface area contributed by atoms with Gasteiger partial charge in [-0.25, -0.2) is 9.78 Å². The van der Waals surface area contributed by atoms with Crippen molar-refractivity contribution in [3.05, 3.63) is 69.3 Å². The Kier molecular flexibility index (Phi) is 9.45. The Balaban J connectivity index is 1.81. The zero-order chi connectivity index (χ0) is 31.7. The first kappa shape index (κ1) is 31.7. The summed E-state index contributed by atoms with van der Waals surface area (Å²) in [6.07, 6.45) is 6.33. The SMILES string of the molecule is CCCCCCOC(C)C1=C(C)c2cc3nc(cc4[nH]c(cc5[nH]c(cc1n2)c(C)c5CC)c(C)c4C(=O)O)[C@@H](CC)[C@@H]3C. The normalized spacial score (nSPS) is 17.4. The number of hydrogen-bond donors (Lipinski definition) is 3. The minimum Gasteiger partial charge on any atom is -0.478 e. The van der Waals surface area contributed by atoms with Gasteiger partial charge in [0.25, 0.3) is 0 Å². The highest BCUT2D eigenvalue weighted by Crippen LogP contribution is 2.41. The molecule has 0 aliphatic carbocycles. The molecule has 3 N–H and O–H groups in total. The fourth-order valence-corrected chi connectivity index (χ4v) is 7.04. The van der Waals surface area contributed by atoms with Crippen molar-refractivity contribution in [1.29, 1.82) is 0 Å². The summed E-state index contributed by atoms with van der Waals surface area (Å²) in [5.41, 5.74) is 12.7. The maximum atomic E-state index is 12.5. The third-order valence-electron chi connectivity index (χ3n) is 9.71. The third kappa shape index (κ3) is 5.86. The molecule has 0 radical (unpaired) electrons. The highest BCUT2D eigenvalue weighted by atomic mass is 16.5. The molecule has 0 aromatic carbocycles. The smallest absolute Gasteiger partial charge is 0.338 e. The van der Waals surface area contributed by atoms with E-state index in [1.807, 2.05) is 19.1 Å². The Morgan fingerprint density at radius 3 is 2.30 bits per heavy atom. The van der Waals surface area contributed by atoms with Gasteiger partial charge in [0.15, 0.2) is 0 Å². The first-order valence-corrected chi connectivity index (χ1v) is 16.4. The van der Waals surface area contributed by atoms with E-state index in [2.05, 4.69) is 70.6 Å². The maximum Gasteiger partial charge on any atom is 0.338 e. The molecule has 2 aliphatic heterocycles. The number of carbonyl (C=O) groups is 1. The first-order valence-electron chi connectivity index (χ1n) is 16.4. The van der Waals surface area contributed by atoms with Gasteiger partial charge in [0, 0.05) is 52.0 Å². The minimum absolute atomic E-state index is 0.0949. The van der Waals surface area contributed by atoms with E-state index in [-0.39, 0.29) is 17.9 Å². The maximum absolute atomic E-state index is 12.5. The van der Waals surface area contributed by atoms with Crippen LogP contribution < -0.4 is 0 Å². The van der Waals surface area contributed by atoms with Gasteiger partial charge < -0.3 is 19.8 Å². The standard InChI is InChI=1S/C37H48N4O3/c1-9-12-13-14-15-44-24(8)35-22(6)29-16-27-20(4)26(11-3)32(38-27)19-34-36(37(42)43)23(7)30(41-34)17-31-25(10-2)21(5)28(39-31)18-33(35)40-29/h16-20,24,26,39,41H,9-15H2,1-8H3,(H,42,43)/t20-,24?,26-/m0/s1. The lowest BCUT2D eigenvalue weighted by Crippen LogP contribution is -2.12. The molecule has 5 rings (SSSR count). The zero-order valence-corrected chi connectivity index (χ0v) is 27.6. The van der Waals surface area contributed by atoms with Crippen LogP contribution in [0.15, 0.2) is 24.3 Å². The lowest BCUT2D eigenvalue weighted by molar-refractivity contribution is 0.0698. The van der Waals surface area contributed by atoms with Gasteiger partial charge >= 0.3 is 5.97 Å². The molecule has 0 fully saturated rings. The number of aryl methyl sites for hydroxylation is 3. The summed E-state index contributed by atoms with van der Waals surface area (Å²) in [4.78, 5) is 29.9. The van der Waals surface area contributed by atoms with Crippen LogP contribution in [-0.4, -0.2) is 43.7 Å². The van der Waals surface area contributed by atoms with Gasteiger partial charge in [0.05, 0.1) is 28.6 Å². The third-order valence-corrected chi connectivity index (χ3v) is 9.71. The quantitative estimate of drug-likeness (QED) is 0.202. The van der Waals surface area contributed by atoms with Crippen molar-refractivity contribution in [3.8, 4) is 0 Å². The Labute approximate surface area is 261 Å². The molecule has 2 aliphatic rings. The summed E-state index contributed by atoms with van der Waals surface area (Å²) >= 11 is 0. The number of aromatic nitrogens is 4. The van der Waals surface area contributed by atoms with Crippen molar-refractivity contribution >= 4 is 39.2 Å². The van der Waals surface area contributed by atoms with E-state index in [4.69, 9.17) is 14.7 Å². The molecule has 44 heavy (non-hydrogen) atoms. The number of carboxylic acid groups (broad SMARTS) is 1. The summed E-state index contributed by atoms with van der Waals surface area (Å²) in [6, 6.07) is 8.28. The molecule has 0 amide bonds. The fraction of sp³-hybridized carbons (Fsp3) is 0.486. The monoisotopic (exact) mass is 596 g/mol. The second kappa shape index (κ2) is 13.1. The van der Waals surface area contributed by atoms with E-state index in [0.717, 1.165) is 76.3 Å². The zero-order valence-electron chi connectivity index (χ0n) is 27.6. The van der Waals surface area contributed by atoms with Crippen molar-refractivity contribution in [3.63, 3.8) is 0 Å². The minimum atomic E-state index is -0.941. The van der Waals surface area contributed by atoms with Gasteiger partial charge in [0.1, 0.15) is 0 Å². The molecular formula is C37H48N4O3. The number of aromatic carboxylic acids is 1. The summed E-state index contributed by atoms with van der Waals surface area (Å²) in [5, 5.41) is 10.2. The molecule has 3 aromatic heterocycles. The predicted octanol–water partition coefficient (Wildman–Crippen LogP) is 9.41. The van der Waals surface area contributed by atoms with Crippen LogP contribution in [0.3, 0.4) is 0 Å². The van der Waals surface area contributed by atoms with Crippen LogP contribution in [0, 0.1) is 13.8 Å². The number of rotatable bonds is 10. The number of carboxylic acids is 1. The van der Waals surface area contributed by atoms with E-state index >= 15 is 0 Å². The molecule has 3 atom stereocenters. The molecule has 3 aromatic rings. The molecule has 7 heteroatoms. The number of aromatic amines is 2. The molecule has 0 saturated carbocycles. The molecule has 8 bridgehead atoms. The molecule has 234 valence electrons. The van der Waals surface area contributed by atoms with Crippen LogP contribution >= 0.6 is 0 Å². The fourth-order valence-electron chi connectivity index (χ4n) is 7.04. The summed E-state index contributed by atoms with van der Waals surface area (Å²) < 4.78 is 6.41. The van der Waals surface area contributed by atoms with Crippen LogP contribution in [0.5, 0.6) is 0 Å². The first-order chi connectivity index (χ1) is 21.1. The summed E-state index contributed by atoms with van der Waals surface area (Å²) in [7, 11) is 0. The second-order valence-corrected chi connectivity index (χ2v) is 12.5. The Bertz CT molecular complexity index is 1760. The van der Waals surface area contributed by atoms with Crippen LogP contribution in [0.2, 0.25) is 0 Å². The van der Waals surface area contributed by atoms with Crippen molar-refractivity contribution in [2.75, 3.05) is 6.61 Å². The van der Waals surface area contributed by atoms with Crippen LogP contribution in [0.25, 0.3) is 33.2 Å². The van der Waals surface area contributed by atoms with E-state index in [1.165, 1.54) is 30.4 Å². The van der Waals surface area contributed by atoms with Gasteiger partial charge in [-0.2, -0.15) is 0 Å². The number of fused-ring (bicyclic) bond motifs is 8. The average Bonchev–Trinajstić information content (AvgIpc) is 3.65. The van der Waals surface area contributed by atoms with E-state index in [1.54, 1.807) is 0 Å². The number of allylic oxidation sites excluding steroid dienone is 1. The van der Waals surface area contributed by atoms with Crippen LogP contribution in [0.1, 0.15) is 135 Å². The largest absolute Gasteiger partial charge is 0.478 e.